The zero-order chi connectivity index (χ0) is 14.4. The summed E-state index contributed by atoms with van der Waals surface area (Å²) in [5.41, 5.74) is 1.29. The number of nitrogens with zero attached hydrogens (tertiary/aromatic N) is 1. The van der Waals surface area contributed by atoms with Gasteiger partial charge in [0.15, 0.2) is 0 Å². The fourth-order valence-corrected chi connectivity index (χ4v) is 5.39. The van der Waals surface area contributed by atoms with Crippen molar-refractivity contribution in [2.75, 3.05) is 19.7 Å². The number of rotatable bonds is 3. The summed E-state index contributed by atoms with van der Waals surface area (Å²) in [5.74, 6) is 2.59. The first kappa shape index (κ1) is 13.8. The highest BCUT2D eigenvalue weighted by molar-refractivity contribution is 7.08. The topological polar surface area (TPSA) is 40.5 Å². The largest absolute Gasteiger partial charge is 0.396 e. The second kappa shape index (κ2) is 5.40. The molecule has 2 unspecified atom stereocenters. The summed E-state index contributed by atoms with van der Waals surface area (Å²) < 4.78 is 0. The first-order valence-corrected chi connectivity index (χ1v) is 9.15. The van der Waals surface area contributed by atoms with Crippen molar-refractivity contribution in [1.29, 1.82) is 0 Å². The van der Waals surface area contributed by atoms with E-state index in [2.05, 4.69) is 16.8 Å². The van der Waals surface area contributed by atoms with Crippen molar-refractivity contribution in [3.63, 3.8) is 0 Å². The third kappa shape index (κ3) is 2.33. The monoisotopic (exact) mass is 305 g/mol. The van der Waals surface area contributed by atoms with Gasteiger partial charge in [-0.25, -0.2) is 0 Å². The minimum atomic E-state index is 0.182. The number of aliphatic hydroxyl groups excluding tert-OH is 1. The third-order valence-electron chi connectivity index (χ3n) is 5.90. The Morgan fingerprint density at radius 3 is 2.67 bits per heavy atom. The van der Waals surface area contributed by atoms with Crippen LogP contribution in [0.25, 0.3) is 0 Å². The summed E-state index contributed by atoms with van der Waals surface area (Å²) in [6.45, 7) is 1.73. The van der Waals surface area contributed by atoms with Gasteiger partial charge in [-0.15, -0.1) is 0 Å². The Morgan fingerprint density at radius 2 is 2.05 bits per heavy atom. The van der Waals surface area contributed by atoms with Crippen molar-refractivity contribution in [1.82, 2.24) is 4.90 Å². The molecule has 2 heterocycles. The smallest absolute Gasteiger partial charge is 0.226 e. The molecule has 4 rings (SSSR count). The molecule has 2 saturated carbocycles. The third-order valence-corrected chi connectivity index (χ3v) is 6.60. The predicted molar refractivity (Wildman–Crippen MR) is 83.2 cm³/mol. The zero-order valence-electron chi connectivity index (χ0n) is 12.3. The zero-order valence-corrected chi connectivity index (χ0v) is 13.1. The molecule has 0 spiro atoms. The Morgan fingerprint density at radius 1 is 1.29 bits per heavy atom. The average Bonchev–Trinajstić information content (AvgIpc) is 2.89. The van der Waals surface area contributed by atoms with Crippen LogP contribution in [0.5, 0.6) is 0 Å². The summed E-state index contributed by atoms with van der Waals surface area (Å²) in [5, 5.41) is 13.9. The lowest BCUT2D eigenvalue weighted by Crippen LogP contribution is -2.31. The SMILES string of the molecule is O=C(C1C2CCCCC21)N1C[C@@H](CO)[C@H](c2ccsc2)C1. The lowest BCUT2D eigenvalue weighted by atomic mass is 9.92. The molecule has 3 nitrogen and oxygen atoms in total. The van der Waals surface area contributed by atoms with Crippen LogP contribution in [0.15, 0.2) is 16.8 Å². The van der Waals surface area contributed by atoms with Gasteiger partial charge in [0.2, 0.25) is 5.91 Å². The van der Waals surface area contributed by atoms with Gasteiger partial charge in [-0.3, -0.25) is 4.79 Å². The molecule has 0 aromatic carbocycles. The predicted octanol–water partition coefficient (Wildman–Crippen LogP) is 2.72. The molecule has 1 aromatic rings. The van der Waals surface area contributed by atoms with Crippen LogP contribution < -0.4 is 0 Å². The van der Waals surface area contributed by atoms with Gasteiger partial charge in [0.05, 0.1) is 0 Å². The van der Waals surface area contributed by atoms with Crippen LogP contribution in [0.1, 0.15) is 37.2 Å². The normalized spacial score (nSPS) is 38.3. The fraction of sp³-hybridized carbons (Fsp3) is 0.706. The summed E-state index contributed by atoms with van der Waals surface area (Å²) in [6.07, 6.45) is 5.13. The van der Waals surface area contributed by atoms with E-state index in [1.54, 1.807) is 11.3 Å². The van der Waals surface area contributed by atoms with E-state index in [1.807, 2.05) is 4.90 Å². The number of carbonyl (C=O) groups is 1. The van der Waals surface area contributed by atoms with Crippen LogP contribution in [0.2, 0.25) is 0 Å². The molecule has 114 valence electrons. The van der Waals surface area contributed by atoms with Gasteiger partial charge in [-0.05, 0) is 47.1 Å². The Bertz CT molecular complexity index is 503. The number of likely N-dealkylation sites (tertiary alicyclic amines) is 1. The second-order valence-electron chi connectivity index (χ2n) is 6.99. The molecular weight excluding hydrogens is 282 g/mol. The molecule has 1 aliphatic heterocycles. The number of carbonyl (C=O) groups excluding carboxylic acids is 1. The molecule has 21 heavy (non-hydrogen) atoms. The first-order chi connectivity index (χ1) is 10.3. The highest BCUT2D eigenvalue weighted by Gasteiger charge is 2.56. The molecule has 4 heteroatoms. The van der Waals surface area contributed by atoms with Crippen LogP contribution in [-0.4, -0.2) is 35.6 Å². The summed E-state index contributed by atoms with van der Waals surface area (Å²) in [7, 11) is 0. The Labute approximate surface area is 130 Å². The minimum absolute atomic E-state index is 0.182. The van der Waals surface area contributed by atoms with E-state index in [9.17, 15) is 9.90 Å². The fourth-order valence-electron chi connectivity index (χ4n) is 4.67. The standard InChI is InChI=1S/C17H23NO2S/c19-9-12-7-18(8-15(12)11-5-6-21-10-11)17(20)16-13-3-1-2-4-14(13)16/h5-6,10,12-16,19H,1-4,7-9H2/t12-,13?,14?,15-,16?/m0/s1. The molecule has 1 amide bonds. The molecule has 2 aliphatic carbocycles. The number of aliphatic hydroxyl groups is 1. The van der Waals surface area contributed by atoms with Crippen molar-refractivity contribution in [2.45, 2.75) is 31.6 Å². The summed E-state index contributed by atoms with van der Waals surface area (Å²) in [6, 6.07) is 2.14. The highest BCUT2D eigenvalue weighted by atomic mass is 32.1. The van der Waals surface area contributed by atoms with Crippen molar-refractivity contribution in [2.24, 2.45) is 23.7 Å². The Kier molecular flexibility index (Phi) is 3.54. The van der Waals surface area contributed by atoms with Crippen LogP contribution in [0.3, 0.4) is 0 Å². The molecule has 3 fully saturated rings. The molecule has 0 bridgehead atoms. The van der Waals surface area contributed by atoms with E-state index in [-0.39, 0.29) is 12.5 Å². The van der Waals surface area contributed by atoms with Crippen LogP contribution in [0.4, 0.5) is 0 Å². The maximum atomic E-state index is 12.8. The molecular formula is C17H23NO2S. The van der Waals surface area contributed by atoms with E-state index in [4.69, 9.17) is 0 Å². The Hall–Kier alpha value is -0.870. The molecule has 1 N–H and O–H groups in total. The van der Waals surface area contributed by atoms with E-state index >= 15 is 0 Å². The number of amides is 1. The maximum absolute atomic E-state index is 12.8. The lowest BCUT2D eigenvalue weighted by molar-refractivity contribution is -0.132. The number of fused-ring (bicyclic) bond motifs is 1. The summed E-state index contributed by atoms with van der Waals surface area (Å²) in [4.78, 5) is 14.8. The van der Waals surface area contributed by atoms with Crippen molar-refractivity contribution >= 4 is 17.2 Å². The van der Waals surface area contributed by atoms with E-state index in [0.717, 1.165) is 13.1 Å². The van der Waals surface area contributed by atoms with Crippen LogP contribution >= 0.6 is 11.3 Å². The molecule has 1 aromatic heterocycles. The van der Waals surface area contributed by atoms with Crippen molar-refractivity contribution in [3.05, 3.63) is 22.4 Å². The highest BCUT2D eigenvalue weighted by Crippen LogP contribution is 2.56. The van der Waals surface area contributed by atoms with Gasteiger partial charge in [0.25, 0.3) is 0 Å². The number of hydrogen-bond acceptors (Lipinski definition) is 3. The average molecular weight is 305 g/mol. The molecule has 0 radical (unpaired) electrons. The van der Waals surface area contributed by atoms with Crippen LogP contribution in [0, 0.1) is 23.7 Å². The van der Waals surface area contributed by atoms with E-state index in [0.29, 0.717) is 29.6 Å². The van der Waals surface area contributed by atoms with Gasteiger partial charge >= 0.3 is 0 Å². The van der Waals surface area contributed by atoms with Gasteiger partial charge in [-0.2, -0.15) is 11.3 Å². The molecule has 3 aliphatic rings. The van der Waals surface area contributed by atoms with Crippen molar-refractivity contribution in [3.8, 4) is 0 Å². The minimum Gasteiger partial charge on any atom is -0.396 e. The van der Waals surface area contributed by atoms with Crippen LogP contribution in [-0.2, 0) is 4.79 Å². The van der Waals surface area contributed by atoms with Gasteiger partial charge in [-0.1, -0.05) is 12.8 Å². The van der Waals surface area contributed by atoms with Gasteiger partial charge < -0.3 is 10.0 Å². The Balaban J connectivity index is 1.46. The number of thiophene rings is 1. The first-order valence-electron chi connectivity index (χ1n) is 8.21. The second-order valence-corrected chi connectivity index (χ2v) is 7.77. The lowest BCUT2D eigenvalue weighted by Gasteiger charge is -2.16. The summed E-state index contributed by atoms with van der Waals surface area (Å²) >= 11 is 1.70. The number of hydrogen-bond donors (Lipinski definition) is 1. The quantitative estimate of drug-likeness (QED) is 0.933. The molecule has 1 saturated heterocycles. The van der Waals surface area contributed by atoms with Gasteiger partial charge in [0, 0.05) is 37.5 Å². The van der Waals surface area contributed by atoms with E-state index in [1.165, 1.54) is 31.2 Å². The maximum Gasteiger partial charge on any atom is 0.226 e. The van der Waals surface area contributed by atoms with E-state index < -0.39 is 0 Å². The van der Waals surface area contributed by atoms with Gasteiger partial charge in [0.1, 0.15) is 0 Å². The van der Waals surface area contributed by atoms with Crippen molar-refractivity contribution < 1.29 is 9.90 Å². The molecule has 4 atom stereocenters.